The molecule has 3 heteroatoms. The fourth-order valence-corrected chi connectivity index (χ4v) is 3.37. The molecule has 0 bridgehead atoms. The fraction of sp³-hybridized carbons (Fsp3) is 0.429. The SMILES string of the molecule is CCOc1c(-c2ccc(F)cc2)cc(C(C)C)c2c1OC(C)(C)C2. The second-order valence-electron chi connectivity index (χ2n) is 7.28. The summed E-state index contributed by atoms with van der Waals surface area (Å²) in [6.07, 6.45) is 0.875. The van der Waals surface area contributed by atoms with Gasteiger partial charge in [-0.05, 0) is 56.0 Å². The molecule has 2 aromatic rings. The van der Waals surface area contributed by atoms with E-state index in [2.05, 4.69) is 33.8 Å². The van der Waals surface area contributed by atoms with Crippen LogP contribution in [0, 0.1) is 5.82 Å². The van der Waals surface area contributed by atoms with E-state index in [9.17, 15) is 4.39 Å². The van der Waals surface area contributed by atoms with Crippen molar-refractivity contribution in [2.45, 2.75) is 52.6 Å². The Morgan fingerprint density at radius 1 is 1.21 bits per heavy atom. The van der Waals surface area contributed by atoms with Gasteiger partial charge in [0.15, 0.2) is 11.5 Å². The highest BCUT2D eigenvalue weighted by atomic mass is 19.1. The molecule has 128 valence electrons. The molecule has 0 unspecified atom stereocenters. The summed E-state index contributed by atoms with van der Waals surface area (Å²) in [7, 11) is 0. The van der Waals surface area contributed by atoms with Crippen molar-refractivity contribution in [3.63, 3.8) is 0 Å². The third-order valence-corrected chi connectivity index (χ3v) is 4.42. The predicted octanol–water partition coefficient (Wildman–Crippen LogP) is 5.73. The minimum Gasteiger partial charge on any atom is -0.489 e. The Morgan fingerprint density at radius 3 is 2.46 bits per heavy atom. The summed E-state index contributed by atoms with van der Waals surface area (Å²) >= 11 is 0. The lowest BCUT2D eigenvalue weighted by Crippen LogP contribution is -2.25. The van der Waals surface area contributed by atoms with Crippen molar-refractivity contribution in [1.29, 1.82) is 0 Å². The Hall–Kier alpha value is -2.03. The molecule has 1 aliphatic rings. The second-order valence-corrected chi connectivity index (χ2v) is 7.28. The van der Waals surface area contributed by atoms with E-state index < -0.39 is 0 Å². The highest BCUT2D eigenvalue weighted by Crippen LogP contribution is 2.50. The van der Waals surface area contributed by atoms with E-state index in [4.69, 9.17) is 9.47 Å². The van der Waals surface area contributed by atoms with Crippen molar-refractivity contribution in [1.82, 2.24) is 0 Å². The third-order valence-electron chi connectivity index (χ3n) is 4.42. The van der Waals surface area contributed by atoms with Gasteiger partial charge in [-0.15, -0.1) is 0 Å². The Bertz CT molecular complexity index is 745. The van der Waals surface area contributed by atoms with Crippen molar-refractivity contribution >= 4 is 0 Å². The maximum Gasteiger partial charge on any atom is 0.169 e. The Morgan fingerprint density at radius 2 is 1.88 bits per heavy atom. The summed E-state index contributed by atoms with van der Waals surface area (Å²) in [6.45, 7) is 11.1. The normalized spacial score (nSPS) is 15.3. The van der Waals surface area contributed by atoms with Crippen LogP contribution in [0.15, 0.2) is 30.3 Å². The molecule has 1 heterocycles. The van der Waals surface area contributed by atoms with Gasteiger partial charge in [-0.3, -0.25) is 0 Å². The number of halogens is 1. The Balaban J connectivity index is 2.25. The first kappa shape index (κ1) is 16.8. The minimum absolute atomic E-state index is 0.237. The molecule has 0 saturated carbocycles. The lowest BCUT2D eigenvalue weighted by Gasteiger charge is -2.20. The molecule has 3 rings (SSSR count). The van der Waals surface area contributed by atoms with E-state index >= 15 is 0 Å². The van der Waals surface area contributed by atoms with Gasteiger partial charge in [0.1, 0.15) is 11.4 Å². The van der Waals surface area contributed by atoms with Crippen LogP contribution in [-0.4, -0.2) is 12.2 Å². The number of rotatable bonds is 4. The van der Waals surface area contributed by atoms with Gasteiger partial charge in [0.2, 0.25) is 0 Å². The van der Waals surface area contributed by atoms with Crippen LogP contribution < -0.4 is 9.47 Å². The molecule has 0 saturated heterocycles. The quantitative estimate of drug-likeness (QED) is 0.714. The molecule has 0 amide bonds. The van der Waals surface area contributed by atoms with Gasteiger partial charge >= 0.3 is 0 Å². The maximum atomic E-state index is 13.3. The van der Waals surface area contributed by atoms with Gasteiger partial charge in [-0.1, -0.05) is 26.0 Å². The molecule has 2 aromatic carbocycles. The van der Waals surface area contributed by atoms with Gasteiger partial charge in [-0.2, -0.15) is 0 Å². The van der Waals surface area contributed by atoms with Crippen molar-refractivity contribution in [3.05, 3.63) is 47.3 Å². The zero-order valence-corrected chi connectivity index (χ0v) is 15.1. The number of hydrogen-bond acceptors (Lipinski definition) is 2. The van der Waals surface area contributed by atoms with Gasteiger partial charge < -0.3 is 9.47 Å². The van der Waals surface area contributed by atoms with E-state index in [1.807, 2.05) is 6.92 Å². The van der Waals surface area contributed by atoms with Gasteiger partial charge in [0, 0.05) is 17.5 Å². The zero-order valence-electron chi connectivity index (χ0n) is 15.1. The zero-order chi connectivity index (χ0) is 17.5. The van der Waals surface area contributed by atoms with Crippen molar-refractivity contribution in [2.24, 2.45) is 0 Å². The highest BCUT2D eigenvalue weighted by molar-refractivity contribution is 5.77. The molecule has 0 aliphatic carbocycles. The summed E-state index contributed by atoms with van der Waals surface area (Å²) in [4.78, 5) is 0. The molecule has 0 fully saturated rings. The Kier molecular flexibility index (Phi) is 4.29. The smallest absolute Gasteiger partial charge is 0.169 e. The molecule has 0 atom stereocenters. The molecule has 2 nitrogen and oxygen atoms in total. The fourth-order valence-electron chi connectivity index (χ4n) is 3.37. The average Bonchev–Trinajstić information content (AvgIpc) is 2.83. The highest BCUT2D eigenvalue weighted by Gasteiger charge is 2.36. The van der Waals surface area contributed by atoms with Crippen LogP contribution >= 0.6 is 0 Å². The van der Waals surface area contributed by atoms with Crippen molar-refractivity contribution in [3.8, 4) is 22.6 Å². The molecular formula is C21H25FO2. The number of benzene rings is 2. The monoisotopic (exact) mass is 328 g/mol. The van der Waals surface area contributed by atoms with Crippen LogP contribution in [0.25, 0.3) is 11.1 Å². The minimum atomic E-state index is -0.237. The molecule has 0 spiro atoms. The van der Waals surface area contributed by atoms with Gasteiger partial charge in [-0.25, -0.2) is 4.39 Å². The van der Waals surface area contributed by atoms with Crippen molar-refractivity contribution < 1.29 is 13.9 Å². The van der Waals surface area contributed by atoms with Crippen LogP contribution in [0.4, 0.5) is 4.39 Å². The summed E-state index contributed by atoms with van der Waals surface area (Å²) in [6, 6.07) is 8.75. The lowest BCUT2D eigenvalue weighted by molar-refractivity contribution is 0.133. The first-order valence-corrected chi connectivity index (χ1v) is 8.60. The molecule has 1 aliphatic heterocycles. The first-order valence-electron chi connectivity index (χ1n) is 8.60. The van der Waals surface area contributed by atoms with E-state index in [-0.39, 0.29) is 11.4 Å². The maximum absolute atomic E-state index is 13.3. The number of hydrogen-bond donors (Lipinski definition) is 0. The van der Waals surface area contributed by atoms with E-state index in [1.165, 1.54) is 23.3 Å². The summed E-state index contributed by atoms with van der Waals surface area (Å²) < 4.78 is 25.6. The van der Waals surface area contributed by atoms with E-state index in [1.54, 1.807) is 12.1 Å². The molecular weight excluding hydrogens is 303 g/mol. The Labute approximate surface area is 143 Å². The van der Waals surface area contributed by atoms with Crippen molar-refractivity contribution in [2.75, 3.05) is 6.61 Å². The van der Waals surface area contributed by atoms with Crippen LogP contribution in [0.2, 0.25) is 0 Å². The molecule has 24 heavy (non-hydrogen) atoms. The van der Waals surface area contributed by atoms with E-state index in [0.717, 1.165) is 29.0 Å². The van der Waals surface area contributed by atoms with Crippen LogP contribution in [0.5, 0.6) is 11.5 Å². The second kappa shape index (κ2) is 6.12. The first-order chi connectivity index (χ1) is 11.3. The number of fused-ring (bicyclic) bond motifs is 1. The third kappa shape index (κ3) is 3.00. The largest absolute Gasteiger partial charge is 0.489 e. The molecule has 0 radical (unpaired) electrons. The molecule has 0 aromatic heterocycles. The summed E-state index contributed by atoms with van der Waals surface area (Å²) in [5.41, 5.74) is 4.19. The van der Waals surface area contributed by atoms with Gasteiger partial charge in [0.25, 0.3) is 0 Å². The number of ether oxygens (including phenoxy) is 2. The predicted molar refractivity (Wildman–Crippen MR) is 95.5 cm³/mol. The lowest BCUT2D eigenvalue weighted by atomic mass is 9.88. The summed E-state index contributed by atoms with van der Waals surface area (Å²) in [5.74, 6) is 1.77. The van der Waals surface area contributed by atoms with Gasteiger partial charge in [0.05, 0.1) is 6.61 Å². The standard InChI is InChI=1S/C21H25FO2/c1-6-23-19-17(14-7-9-15(22)10-8-14)11-16(13(2)3)18-12-21(4,5)24-20(18)19/h7-11,13H,6,12H2,1-5H3. The van der Waals surface area contributed by atoms with E-state index in [0.29, 0.717) is 12.5 Å². The van der Waals surface area contributed by atoms with Crippen LogP contribution in [-0.2, 0) is 6.42 Å². The van der Waals surface area contributed by atoms with Crippen LogP contribution in [0.3, 0.4) is 0 Å². The average molecular weight is 328 g/mol. The van der Waals surface area contributed by atoms with Crippen LogP contribution in [0.1, 0.15) is 51.7 Å². The summed E-state index contributed by atoms with van der Waals surface area (Å²) in [5, 5.41) is 0. The topological polar surface area (TPSA) is 18.5 Å². The molecule has 0 N–H and O–H groups in total.